The SMILES string of the molecule is Cc1cc(/C(N)=N/O)nc(-n2cnc(I)c2I)n1. The van der Waals surface area contributed by atoms with Crippen LogP contribution in [0.1, 0.15) is 11.4 Å². The topological polar surface area (TPSA) is 102 Å². The van der Waals surface area contributed by atoms with Gasteiger partial charge in [-0.3, -0.25) is 4.57 Å². The molecule has 0 fully saturated rings. The highest BCUT2D eigenvalue weighted by molar-refractivity contribution is 14.1. The molecule has 94 valence electrons. The van der Waals surface area contributed by atoms with E-state index in [4.69, 9.17) is 10.9 Å². The first-order valence-electron chi connectivity index (χ1n) is 4.75. The van der Waals surface area contributed by atoms with Crippen LogP contribution in [0, 0.1) is 14.3 Å². The minimum absolute atomic E-state index is 0.0495. The van der Waals surface area contributed by atoms with Crippen LogP contribution in [0.2, 0.25) is 0 Å². The molecule has 9 heteroatoms. The van der Waals surface area contributed by atoms with Gasteiger partial charge in [-0.15, -0.1) is 0 Å². The summed E-state index contributed by atoms with van der Waals surface area (Å²) in [5.74, 6) is 0.392. The lowest BCUT2D eigenvalue weighted by atomic mass is 10.3. The molecule has 0 aliphatic rings. The van der Waals surface area contributed by atoms with Crippen molar-refractivity contribution in [1.29, 1.82) is 0 Å². The maximum atomic E-state index is 8.68. The molecule has 0 aliphatic carbocycles. The first-order chi connectivity index (χ1) is 8.52. The van der Waals surface area contributed by atoms with Gasteiger partial charge in [0.2, 0.25) is 5.95 Å². The summed E-state index contributed by atoms with van der Waals surface area (Å²) in [4.78, 5) is 12.7. The summed E-state index contributed by atoms with van der Waals surface area (Å²) >= 11 is 4.28. The predicted octanol–water partition coefficient (Wildman–Crippen LogP) is 1.27. The molecule has 0 bridgehead atoms. The molecule has 0 aromatic carbocycles. The Balaban J connectivity index is 2.59. The van der Waals surface area contributed by atoms with Crippen LogP contribution in [-0.4, -0.2) is 30.6 Å². The Hall–Kier alpha value is -0.980. The predicted molar refractivity (Wildman–Crippen MR) is 81.8 cm³/mol. The molecule has 0 unspecified atom stereocenters. The van der Waals surface area contributed by atoms with Crippen LogP contribution < -0.4 is 5.73 Å². The number of aromatic nitrogens is 4. The lowest BCUT2D eigenvalue weighted by Crippen LogP contribution is -2.17. The minimum Gasteiger partial charge on any atom is -0.409 e. The molecule has 18 heavy (non-hydrogen) atoms. The number of aryl methyl sites for hydroxylation is 1. The molecule has 2 heterocycles. The number of nitrogens with two attached hydrogens (primary N) is 1. The van der Waals surface area contributed by atoms with E-state index >= 15 is 0 Å². The van der Waals surface area contributed by atoms with Crippen molar-refractivity contribution in [2.24, 2.45) is 10.9 Å². The van der Waals surface area contributed by atoms with E-state index in [0.717, 1.165) is 13.1 Å². The zero-order valence-electron chi connectivity index (χ0n) is 9.17. The van der Waals surface area contributed by atoms with E-state index in [1.165, 1.54) is 0 Å². The van der Waals surface area contributed by atoms with Crippen LogP contribution >= 0.6 is 45.2 Å². The molecule has 0 saturated carbocycles. The number of nitrogens with zero attached hydrogens (tertiary/aromatic N) is 5. The van der Waals surface area contributed by atoms with E-state index in [-0.39, 0.29) is 5.84 Å². The lowest BCUT2D eigenvalue weighted by molar-refractivity contribution is 0.318. The number of imidazole rings is 1. The third kappa shape index (κ3) is 2.55. The van der Waals surface area contributed by atoms with E-state index in [2.05, 4.69) is 65.3 Å². The van der Waals surface area contributed by atoms with Gasteiger partial charge in [0.15, 0.2) is 5.84 Å². The molecule has 0 spiro atoms. The van der Waals surface area contributed by atoms with Crippen molar-refractivity contribution in [3.63, 3.8) is 0 Å². The average Bonchev–Trinajstić information content (AvgIpc) is 2.68. The summed E-state index contributed by atoms with van der Waals surface area (Å²) in [7, 11) is 0. The lowest BCUT2D eigenvalue weighted by Gasteiger charge is -2.06. The molecule has 0 radical (unpaired) electrons. The number of rotatable bonds is 2. The molecule has 2 aromatic heterocycles. The van der Waals surface area contributed by atoms with Gasteiger partial charge in [0, 0.05) is 5.69 Å². The number of oxime groups is 1. The van der Waals surface area contributed by atoms with Crippen LogP contribution in [0.4, 0.5) is 0 Å². The van der Waals surface area contributed by atoms with E-state index in [1.807, 2.05) is 6.92 Å². The monoisotopic (exact) mass is 470 g/mol. The minimum atomic E-state index is -0.0495. The van der Waals surface area contributed by atoms with E-state index < -0.39 is 0 Å². The fraction of sp³-hybridized carbons (Fsp3) is 0.111. The van der Waals surface area contributed by atoms with Crippen molar-refractivity contribution in [3.05, 3.63) is 31.2 Å². The van der Waals surface area contributed by atoms with Crippen LogP contribution in [0.15, 0.2) is 17.5 Å². The van der Waals surface area contributed by atoms with Crippen molar-refractivity contribution >= 4 is 51.0 Å². The van der Waals surface area contributed by atoms with Crippen molar-refractivity contribution < 1.29 is 5.21 Å². The van der Waals surface area contributed by atoms with Gasteiger partial charge in [-0.2, -0.15) is 0 Å². The van der Waals surface area contributed by atoms with Crippen LogP contribution in [0.5, 0.6) is 0 Å². The van der Waals surface area contributed by atoms with Gasteiger partial charge in [-0.05, 0) is 58.2 Å². The second kappa shape index (κ2) is 5.34. The normalized spacial score (nSPS) is 11.8. The van der Waals surface area contributed by atoms with Gasteiger partial charge in [-0.25, -0.2) is 15.0 Å². The van der Waals surface area contributed by atoms with Crippen molar-refractivity contribution in [2.45, 2.75) is 6.92 Å². The third-order valence-corrected chi connectivity index (χ3v) is 4.95. The van der Waals surface area contributed by atoms with Crippen LogP contribution in [0.3, 0.4) is 0 Å². The maximum Gasteiger partial charge on any atom is 0.236 e. The van der Waals surface area contributed by atoms with Crippen LogP contribution in [0.25, 0.3) is 5.95 Å². The Morgan fingerprint density at radius 2 is 2.17 bits per heavy atom. The van der Waals surface area contributed by atoms with Gasteiger partial charge in [0.05, 0.1) is 0 Å². The summed E-state index contributed by atoms with van der Waals surface area (Å²) in [5, 5.41) is 11.6. The number of amidine groups is 1. The fourth-order valence-electron chi connectivity index (χ4n) is 1.29. The number of halogens is 2. The first-order valence-corrected chi connectivity index (χ1v) is 6.91. The van der Waals surface area contributed by atoms with Crippen molar-refractivity contribution in [1.82, 2.24) is 19.5 Å². The molecule has 0 atom stereocenters. The second-order valence-corrected chi connectivity index (χ2v) is 5.42. The summed E-state index contributed by atoms with van der Waals surface area (Å²) < 4.78 is 3.51. The largest absolute Gasteiger partial charge is 0.409 e. The second-order valence-electron chi connectivity index (χ2n) is 3.38. The summed E-state index contributed by atoms with van der Waals surface area (Å²) in [5.41, 5.74) is 6.63. The van der Waals surface area contributed by atoms with Gasteiger partial charge < -0.3 is 10.9 Å². The summed E-state index contributed by atoms with van der Waals surface area (Å²) in [6.45, 7) is 1.81. The van der Waals surface area contributed by atoms with Gasteiger partial charge >= 0.3 is 0 Å². The number of hydrogen-bond donors (Lipinski definition) is 2. The highest BCUT2D eigenvalue weighted by atomic mass is 127. The summed E-state index contributed by atoms with van der Waals surface area (Å²) in [6.07, 6.45) is 1.63. The van der Waals surface area contributed by atoms with Gasteiger partial charge in [0.1, 0.15) is 19.4 Å². The Bertz CT molecular complexity index is 624. The molecule has 0 aliphatic heterocycles. The maximum absolute atomic E-state index is 8.68. The van der Waals surface area contributed by atoms with Crippen molar-refractivity contribution in [3.8, 4) is 5.95 Å². The molecule has 7 nitrogen and oxygen atoms in total. The van der Waals surface area contributed by atoms with E-state index in [1.54, 1.807) is 17.0 Å². The zero-order valence-corrected chi connectivity index (χ0v) is 13.5. The smallest absolute Gasteiger partial charge is 0.236 e. The Labute approximate surface area is 130 Å². The Kier molecular flexibility index (Phi) is 3.99. The highest BCUT2D eigenvalue weighted by Gasteiger charge is 2.12. The van der Waals surface area contributed by atoms with Gasteiger partial charge in [0.25, 0.3) is 0 Å². The molecular formula is C9H8I2N6O. The van der Waals surface area contributed by atoms with E-state index in [0.29, 0.717) is 11.6 Å². The first kappa shape index (κ1) is 13.5. The molecular weight excluding hydrogens is 462 g/mol. The summed E-state index contributed by atoms with van der Waals surface area (Å²) in [6, 6.07) is 1.65. The third-order valence-electron chi connectivity index (χ3n) is 2.10. The van der Waals surface area contributed by atoms with Crippen molar-refractivity contribution in [2.75, 3.05) is 0 Å². The Morgan fingerprint density at radius 1 is 1.44 bits per heavy atom. The highest BCUT2D eigenvalue weighted by Crippen LogP contribution is 2.16. The Morgan fingerprint density at radius 3 is 2.72 bits per heavy atom. The zero-order chi connectivity index (χ0) is 13.3. The van der Waals surface area contributed by atoms with Gasteiger partial charge in [-0.1, -0.05) is 5.16 Å². The molecule has 0 saturated heterocycles. The molecule has 2 rings (SSSR count). The quantitative estimate of drug-likeness (QED) is 0.227. The van der Waals surface area contributed by atoms with Crippen LogP contribution in [-0.2, 0) is 0 Å². The molecule has 2 aromatic rings. The molecule has 0 amide bonds. The molecule has 3 N–H and O–H groups in total. The number of hydrogen-bond acceptors (Lipinski definition) is 5. The van der Waals surface area contributed by atoms with E-state index in [9.17, 15) is 0 Å². The fourth-order valence-corrected chi connectivity index (χ4v) is 2.16. The average molecular weight is 470 g/mol. The standard InChI is InChI=1S/C9H8I2N6O/c1-4-2-5(8(12)16-18)15-9(14-4)17-3-13-6(10)7(17)11/h2-3,18H,1H3,(H2,12,16).